The molecule has 2 rings (SSSR count). The first kappa shape index (κ1) is 14.0. The summed E-state index contributed by atoms with van der Waals surface area (Å²) in [4.78, 5) is 0. The molecule has 0 amide bonds. The highest BCUT2D eigenvalue weighted by atomic mass is 79.9. The predicted molar refractivity (Wildman–Crippen MR) is 78.8 cm³/mol. The molecule has 2 nitrogen and oxygen atoms in total. The van der Waals surface area contributed by atoms with Gasteiger partial charge in [-0.05, 0) is 43.0 Å². The lowest BCUT2D eigenvalue weighted by Crippen LogP contribution is -2.43. The van der Waals surface area contributed by atoms with Crippen LogP contribution in [0.4, 0.5) is 0 Å². The van der Waals surface area contributed by atoms with Gasteiger partial charge >= 0.3 is 0 Å². The van der Waals surface area contributed by atoms with Crippen LogP contribution in [0.25, 0.3) is 0 Å². The van der Waals surface area contributed by atoms with E-state index in [1.54, 1.807) is 0 Å². The molecule has 1 saturated heterocycles. The van der Waals surface area contributed by atoms with E-state index in [4.69, 9.17) is 4.74 Å². The van der Waals surface area contributed by atoms with E-state index in [-0.39, 0.29) is 0 Å². The molecule has 100 valence electrons. The van der Waals surface area contributed by atoms with Crippen molar-refractivity contribution in [3.05, 3.63) is 34.3 Å². The van der Waals surface area contributed by atoms with Crippen LogP contribution in [0.2, 0.25) is 0 Å². The topological polar surface area (TPSA) is 21.3 Å². The minimum atomic E-state index is 0.351. The van der Waals surface area contributed by atoms with Gasteiger partial charge in [-0.1, -0.05) is 41.9 Å². The van der Waals surface area contributed by atoms with Crippen molar-refractivity contribution >= 4 is 15.9 Å². The lowest BCUT2D eigenvalue weighted by Gasteiger charge is -2.27. The first-order valence-corrected chi connectivity index (χ1v) is 7.59. The lowest BCUT2D eigenvalue weighted by molar-refractivity contribution is 0.0615. The number of hydrogen-bond acceptors (Lipinski definition) is 2. The summed E-state index contributed by atoms with van der Waals surface area (Å²) >= 11 is 3.53. The third-order valence-electron chi connectivity index (χ3n) is 3.65. The van der Waals surface area contributed by atoms with Crippen molar-refractivity contribution in [2.75, 3.05) is 13.2 Å². The SMILES string of the molecule is CCNC(Cc1cccc(Br)c1)C1OCCC1C. The third-order valence-corrected chi connectivity index (χ3v) is 4.15. The van der Waals surface area contributed by atoms with E-state index in [2.05, 4.69) is 59.4 Å². The van der Waals surface area contributed by atoms with E-state index in [1.165, 1.54) is 12.0 Å². The maximum Gasteiger partial charge on any atom is 0.0757 e. The molecule has 3 heteroatoms. The molecule has 0 aromatic heterocycles. The van der Waals surface area contributed by atoms with Crippen LogP contribution < -0.4 is 5.32 Å². The molecule has 1 N–H and O–H groups in total. The molecule has 1 aromatic carbocycles. The second-order valence-corrected chi connectivity index (χ2v) is 6.02. The lowest BCUT2D eigenvalue weighted by atomic mass is 9.93. The van der Waals surface area contributed by atoms with E-state index in [9.17, 15) is 0 Å². The molecule has 1 aliphatic heterocycles. The normalized spacial score (nSPS) is 25.3. The van der Waals surface area contributed by atoms with Gasteiger partial charge in [0, 0.05) is 17.1 Å². The highest BCUT2D eigenvalue weighted by Gasteiger charge is 2.31. The van der Waals surface area contributed by atoms with Crippen LogP contribution in [-0.4, -0.2) is 25.3 Å². The molecule has 1 fully saturated rings. The fourth-order valence-electron chi connectivity index (χ4n) is 2.72. The number of nitrogens with one attached hydrogen (secondary N) is 1. The Balaban J connectivity index is 2.06. The molecule has 0 radical (unpaired) electrons. The molecule has 1 heterocycles. The van der Waals surface area contributed by atoms with Crippen LogP contribution in [-0.2, 0) is 11.2 Å². The van der Waals surface area contributed by atoms with Crippen LogP contribution in [0, 0.1) is 5.92 Å². The van der Waals surface area contributed by atoms with Gasteiger partial charge < -0.3 is 10.1 Å². The largest absolute Gasteiger partial charge is 0.376 e. The quantitative estimate of drug-likeness (QED) is 0.900. The molecule has 18 heavy (non-hydrogen) atoms. The molecule has 0 aliphatic carbocycles. The van der Waals surface area contributed by atoms with Gasteiger partial charge in [0.15, 0.2) is 0 Å². The van der Waals surface area contributed by atoms with Gasteiger partial charge in [-0.3, -0.25) is 0 Å². The number of hydrogen-bond donors (Lipinski definition) is 1. The number of halogens is 1. The zero-order valence-corrected chi connectivity index (χ0v) is 12.7. The molecule has 0 saturated carbocycles. The fourth-order valence-corrected chi connectivity index (χ4v) is 3.16. The summed E-state index contributed by atoms with van der Waals surface area (Å²) in [6.45, 7) is 6.36. The average Bonchev–Trinajstić information content (AvgIpc) is 2.75. The predicted octanol–water partition coefficient (Wildman–Crippen LogP) is 3.39. The molecule has 3 atom stereocenters. The summed E-state index contributed by atoms with van der Waals surface area (Å²) in [5, 5.41) is 3.58. The zero-order chi connectivity index (χ0) is 13.0. The first-order chi connectivity index (χ1) is 8.70. The minimum Gasteiger partial charge on any atom is -0.376 e. The molecule has 1 aromatic rings. The van der Waals surface area contributed by atoms with Crippen LogP contribution >= 0.6 is 15.9 Å². The molecule has 0 spiro atoms. The van der Waals surface area contributed by atoms with Gasteiger partial charge in [0.25, 0.3) is 0 Å². The van der Waals surface area contributed by atoms with Gasteiger partial charge in [0.1, 0.15) is 0 Å². The smallest absolute Gasteiger partial charge is 0.0757 e. The summed E-state index contributed by atoms with van der Waals surface area (Å²) in [7, 11) is 0. The maximum absolute atomic E-state index is 5.91. The first-order valence-electron chi connectivity index (χ1n) is 6.80. The Kier molecular flexibility index (Phi) is 5.22. The monoisotopic (exact) mass is 311 g/mol. The van der Waals surface area contributed by atoms with Crippen LogP contribution in [0.3, 0.4) is 0 Å². The Morgan fingerprint density at radius 3 is 2.94 bits per heavy atom. The summed E-state index contributed by atoms with van der Waals surface area (Å²) in [6, 6.07) is 8.97. The van der Waals surface area contributed by atoms with Crippen molar-refractivity contribution in [3.8, 4) is 0 Å². The van der Waals surface area contributed by atoms with Crippen molar-refractivity contribution < 1.29 is 4.74 Å². The van der Waals surface area contributed by atoms with E-state index in [1.807, 2.05) is 0 Å². The Bertz CT molecular complexity index is 383. The number of ether oxygens (including phenoxy) is 1. The van der Waals surface area contributed by atoms with Crippen molar-refractivity contribution in [2.24, 2.45) is 5.92 Å². The van der Waals surface area contributed by atoms with Crippen LogP contribution in [0.5, 0.6) is 0 Å². The average molecular weight is 312 g/mol. The van der Waals surface area contributed by atoms with E-state index in [0.29, 0.717) is 18.1 Å². The number of rotatable bonds is 5. The van der Waals surface area contributed by atoms with E-state index < -0.39 is 0 Å². The Morgan fingerprint density at radius 2 is 2.33 bits per heavy atom. The summed E-state index contributed by atoms with van der Waals surface area (Å²) in [6.07, 6.45) is 2.57. The van der Waals surface area contributed by atoms with Crippen LogP contribution in [0.15, 0.2) is 28.7 Å². The molecular weight excluding hydrogens is 290 g/mol. The van der Waals surface area contributed by atoms with Gasteiger partial charge in [-0.2, -0.15) is 0 Å². The van der Waals surface area contributed by atoms with Crippen molar-refractivity contribution in [3.63, 3.8) is 0 Å². The van der Waals surface area contributed by atoms with Crippen molar-refractivity contribution in [1.29, 1.82) is 0 Å². The molecule has 3 unspecified atom stereocenters. The van der Waals surface area contributed by atoms with E-state index >= 15 is 0 Å². The summed E-state index contributed by atoms with van der Waals surface area (Å²) in [5.74, 6) is 0.654. The minimum absolute atomic E-state index is 0.351. The van der Waals surface area contributed by atoms with Crippen LogP contribution in [0.1, 0.15) is 25.8 Å². The highest BCUT2D eigenvalue weighted by Crippen LogP contribution is 2.25. The van der Waals surface area contributed by atoms with Crippen molar-refractivity contribution in [2.45, 2.75) is 38.8 Å². The summed E-state index contributed by atoms with van der Waals surface area (Å²) in [5.41, 5.74) is 1.36. The maximum atomic E-state index is 5.91. The molecule has 0 bridgehead atoms. The Hall–Kier alpha value is -0.380. The van der Waals surface area contributed by atoms with Gasteiger partial charge in [0.05, 0.1) is 6.10 Å². The molecule has 1 aliphatic rings. The van der Waals surface area contributed by atoms with Gasteiger partial charge in [0.2, 0.25) is 0 Å². The Morgan fingerprint density at radius 1 is 1.50 bits per heavy atom. The van der Waals surface area contributed by atoms with Gasteiger partial charge in [-0.25, -0.2) is 0 Å². The molecular formula is C15H22BrNO. The fraction of sp³-hybridized carbons (Fsp3) is 0.600. The van der Waals surface area contributed by atoms with Gasteiger partial charge in [-0.15, -0.1) is 0 Å². The number of likely N-dealkylation sites (N-methyl/N-ethyl adjacent to an activating group) is 1. The second-order valence-electron chi connectivity index (χ2n) is 5.10. The Labute approximate surface area is 118 Å². The zero-order valence-electron chi connectivity index (χ0n) is 11.2. The summed E-state index contributed by atoms with van der Waals surface area (Å²) < 4.78 is 7.06. The number of benzene rings is 1. The van der Waals surface area contributed by atoms with E-state index in [0.717, 1.165) is 24.0 Å². The second kappa shape index (κ2) is 6.69. The van der Waals surface area contributed by atoms with Crippen molar-refractivity contribution in [1.82, 2.24) is 5.32 Å². The standard InChI is InChI=1S/C15H22BrNO/c1-3-17-14(15-11(2)7-8-18-15)10-12-5-4-6-13(16)9-12/h4-6,9,11,14-15,17H,3,7-8,10H2,1-2H3. The highest BCUT2D eigenvalue weighted by molar-refractivity contribution is 9.10. The third kappa shape index (κ3) is 3.56.